The summed E-state index contributed by atoms with van der Waals surface area (Å²) in [6.07, 6.45) is -3.81. The number of ether oxygens (including phenoxy) is 1. The Balaban J connectivity index is 1.75. The fourth-order valence-electron chi connectivity index (χ4n) is 3.48. The molecule has 5 N–H and O–H groups in total. The van der Waals surface area contributed by atoms with E-state index in [1.165, 1.54) is 4.88 Å². The van der Waals surface area contributed by atoms with Gasteiger partial charge in [-0.3, -0.25) is 0 Å². The molecular formula is C19H21NO5S. The van der Waals surface area contributed by atoms with Crippen molar-refractivity contribution in [2.24, 2.45) is 0 Å². The third-order valence-electron chi connectivity index (χ3n) is 4.93. The number of nitrogens with one attached hydrogen (secondary N) is 1. The van der Waals surface area contributed by atoms with Gasteiger partial charge in [0.1, 0.15) is 30.5 Å². The first-order valence-electron chi connectivity index (χ1n) is 8.48. The van der Waals surface area contributed by atoms with Gasteiger partial charge in [0.25, 0.3) is 0 Å². The molecule has 3 heterocycles. The number of aliphatic hydroxyl groups is 4. The molecule has 1 aliphatic rings. The number of H-pyrrole nitrogens is 1. The van der Waals surface area contributed by atoms with Gasteiger partial charge in [0.05, 0.1) is 6.61 Å². The lowest BCUT2D eigenvalue weighted by atomic mass is 9.90. The van der Waals surface area contributed by atoms with Gasteiger partial charge in [0, 0.05) is 32.4 Å². The van der Waals surface area contributed by atoms with Crippen LogP contribution in [0.2, 0.25) is 0 Å². The molecule has 0 aliphatic carbocycles. The van der Waals surface area contributed by atoms with Crippen LogP contribution in [0.15, 0.2) is 36.5 Å². The monoisotopic (exact) mass is 375 g/mol. The summed E-state index contributed by atoms with van der Waals surface area (Å²) in [4.78, 5) is 5.61. The van der Waals surface area contributed by atoms with E-state index in [-0.39, 0.29) is 0 Å². The highest BCUT2D eigenvalue weighted by Gasteiger charge is 2.43. The third-order valence-corrected chi connectivity index (χ3v) is 5.97. The molecule has 0 amide bonds. The zero-order chi connectivity index (χ0) is 18.4. The molecule has 7 heteroatoms. The summed E-state index contributed by atoms with van der Waals surface area (Å²) in [5, 5.41) is 40.7. The molecule has 26 heavy (non-hydrogen) atoms. The van der Waals surface area contributed by atoms with Gasteiger partial charge in [-0.2, -0.15) is 0 Å². The van der Waals surface area contributed by atoms with Crippen LogP contribution in [0.5, 0.6) is 0 Å². The van der Waals surface area contributed by atoms with Gasteiger partial charge in [-0.25, -0.2) is 0 Å². The van der Waals surface area contributed by atoms with Crippen LogP contribution in [-0.2, 0) is 4.74 Å². The van der Waals surface area contributed by atoms with Crippen LogP contribution in [0.4, 0.5) is 0 Å². The van der Waals surface area contributed by atoms with Crippen molar-refractivity contribution >= 4 is 22.2 Å². The largest absolute Gasteiger partial charge is 0.394 e. The Bertz CT molecular complexity index is 918. The second kappa shape index (κ2) is 6.77. The van der Waals surface area contributed by atoms with Gasteiger partial charge >= 0.3 is 0 Å². The van der Waals surface area contributed by atoms with E-state index in [4.69, 9.17) is 4.74 Å². The Hall–Kier alpha value is -1.74. The Morgan fingerprint density at radius 2 is 1.88 bits per heavy atom. The fourth-order valence-corrected chi connectivity index (χ4v) is 4.37. The highest BCUT2D eigenvalue weighted by molar-refractivity contribution is 7.15. The molecule has 138 valence electrons. The van der Waals surface area contributed by atoms with Crippen molar-refractivity contribution < 1.29 is 25.2 Å². The van der Waals surface area contributed by atoms with Crippen LogP contribution in [-0.4, -0.2) is 56.4 Å². The number of aryl methyl sites for hydroxylation is 1. The molecule has 5 atom stereocenters. The van der Waals surface area contributed by atoms with Gasteiger partial charge < -0.3 is 30.1 Å². The normalized spacial score (nSPS) is 29.3. The van der Waals surface area contributed by atoms with Gasteiger partial charge in [-0.15, -0.1) is 11.3 Å². The maximum atomic E-state index is 10.4. The first-order chi connectivity index (χ1) is 12.5. The van der Waals surface area contributed by atoms with E-state index >= 15 is 0 Å². The lowest BCUT2D eigenvalue weighted by molar-refractivity contribution is -0.231. The van der Waals surface area contributed by atoms with E-state index in [0.717, 1.165) is 21.3 Å². The average molecular weight is 375 g/mol. The number of aromatic amines is 1. The molecule has 3 aromatic rings. The number of aliphatic hydroxyl groups excluding tert-OH is 4. The summed E-state index contributed by atoms with van der Waals surface area (Å²) in [6, 6.07) is 9.78. The fraction of sp³-hybridized carbons (Fsp3) is 0.368. The van der Waals surface area contributed by atoms with Crippen LogP contribution in [0.1, 0.15) is 16.5 Å². The number of aromatic nitrogens is 1. The molecule has 1 aliphatic heterocycles. The van der Waals surface area contributed by atoms with E-state index in [9.17, 15) is 20.4 Å². The molecule has 6 nitrogen and oxygen atoms in total. The number of hydrogen-bond acceptors (Lipinski definition) is 6. The SMILES string of the molecule is Cc1ccc(-c2c[nH]c3ccc([C@@H]4O[C@H](CO)[C@@H](O)[C@H](O)[C@H]4O)cc23)s1. The van der Waals surface area contributed by atoms with Crippen molar-refractivity contribution in [3.63, 3.8) is 0 Å². The van der Waals surface area contributed by atoms with Crippen molar-refractivity contribution in [1.82, 2.24) is 4.98 Å². The minimum absolute atomic E-state index is 0.437. The zero-order valence-electron chi connectivity index (χ0n) is 14.2. The average Bonchev–Trinajstić information content (AvgIpc) is 3.25. The predicted molar refractivity (Wildman–Crippen MR) is 99.1 cm³/mol. The lowest BCUT2D eigenvalue weighted by Gasteiger charge is -2.40. The molecule has 0 bridgehead atoms. The van der Waals surface area contributed by atoms with Gasteiger partial charge in [-0.1, -0.05) is 6.07 Å². The Labute approximate surface area is 154 Å². The highest BCUT2D eigenvalue weighted by Crippen LogP contribution is 2.37. The smallest absolute Gasteiger partial charge is 0.113 e. The number of rotatable bonds is 3. The topological polar surface area (TPSA) is 106 Å². The van der Waals surface area contributed by atoms with E-state index in [0.29, 0.717) is 5.56 Å². The summed E-state index contributed by atoms with van der Waals surface area (Å²) >= 11 is 1.70. The highest BCUT2D eigenvalue weighted by atomic mass is 32.1. The van der Waals surface area contributed by atoms with E-state index in [2.05, 4.69) is 24.0 Å². The minimum atomic E-state index is -1.38. The summed E-state index contributed by atoms with van der Waals surface area (Å²) in [5.41, 5.74) is 2.70. The Morgan fingerprint density at radius 3 is 2.58 bits per heavy atom. The third kappa shape index (κ3) is 2.87. The van der Waals surface area contributed by atoms with Crippen LogP contribution in [0.3, 0.4) is 0 Å². The Morgan fingerprint density at radius 1 is 1.08 bits per heavy atom. The van der Waals surface area contributed by atoms with Crippen molar-refractivity contribution in [2.75, 3.05) is 6.61 Å². The molecule has 2 aromatic heterocycles. The summed E-state index contributed by atoms with van der Waals surface area (Å²) in [7, 11) is 0. The molecular weight excluding hydrogens is 354 g/mol. The van der Waals surface area contributed by atoms with Gasteiger partial charge in [-0.05, 0) is 36.8 Å². The number of benzene rings is 1. The van der Waals surface area contributed by atoms with Gasteiger partial charge in [0.15, 0.2) is 0 Å². The van der Waals surface area contributed by atoms with Crippen LogP contribution >= 0.6 is 11.3 Å². The molecule has 1 aromatic carbocycles. The zero-order valence-corrected chi connectivity index (χ0v) is 15.0. The first kappa shape index (κ1) is 17.7. The molecule has 0 saturated carbocycles. The standard InChI is InChI=1S/C19H21NO5S/c1-9-2-5-15(26-9)12-7-20-13-4-3-10(6-11(12)13)19-18(24)17(23)16(22)14(8-21)25-19/h2-7,14,16-24H,8H2,1H3/t14-,16-,17+,18-,19+/m1/s1. The van der Waals surface area contributed by atoms with Gasteiger partial charge in [0.2, 0.25) is 0 Å². The van der Waals surface area contributed by atoms with Crippen LogP contribution in [0.25, 0.3) is 21.3 Å². The predicted octanol–water partition coefficient (Wildman–Crippen LogP) is 1.72. The molecule has 4 rings (SSSR count). The maximum absolute atomic E-state index is 10.4. The maximum Gasteiger partial charge on any atom is 0.113 e. The molecule has 1 saturated heterocycles. The van der Waals surface area contributed by atoms with Crippen LogP contribution < -0.4 is 0 Å². The summed E-state index contributed by atoms with van der Waals surface area (Å²) in [5.74, 6) is 0. The molecule has 0 radical (unpaired) electrons. The summed E-state index contributed by atoms with van der Waals surface area (Å²) < 4.78 is 5.67. The Kier molecular flexibility index (Phi) is 4.60. The minimum Gasteiger partial charge on any atom is -0.394 e. The molecule has 0 spiro atoms. The second-order valence-electron chi connectivity index (χ2n) is 6.67. The van der Waals surface area contributed by atoms with E-state index in [1.807, 2.05) is 24.4 Å². The van der Waals surface area contributed by atoms with Crippen LogP contribution in [0, 0.1) is 6.92 Å². The molecule has 0 unspecified atom stereocenters. The van der Waals surface area contributed by atoms with Crippen molar-refractivity contribution in [1.29, 1.82) is 0 Å². The van der Waals surface area contributed by atoms with Crippen molar-refractivity contribution in [3.05, 3.63) is 47.0 Å². The number of fused-ring (bicyclic) bond motifs is 1. The lowest BCUT2D eigenvalue weighted by Crippen LogP contribution is -2.55. The van der Waals surface area contributed by atoms with E-state index < -0.39 is 37.1 Å². The quantitative estimate of drug-likeness (QED) is 0.479. The van der Waals surface area contributed by atoms with E-state index in [1.54, 1.807) is 11.3 Å². The molecule has 1 fully saturated rings. The first-order valence-corrected chi connectivity index (χ1v) is 9.29. The summed E-state index contributed by atoms with van der Waals surface area (Å²) in [6.45, 7) is 1.62. The number of thiophene rings is 1. The van der Waals surface area contributed by atoms with Crippen molar-refractivity contribution in [3.8, 4) is 10.4 Å². The number of hydrogen-bond donors (Lipinski definition) is 5. The second-order valence-corrected chi connectivity index (χ2v) is 7.96. The van der Waals surface area contributed by atoms with Crippen molar-refractivity contribution in [2.45, 2.75) is 37.4 Å².